The van der Waals surface area contributed by atoms with Gasteiger partial charge >= 0.3 is 0 Å². The zero-order chi connectivity index (χ0) is 17.8. The Hall–Kier alpha value is -2.63. The second-order valence-corrected chi connectivity index (χ2v) is 7.02. The first-order valence-electron chi connectivity index (χ1n) is 9.59. The van der Waals surface area contributed by atoms with Crippen molar-refractivity contribution in [1.82, 2.24) is 24.6 Å². The number of aromatic nitrogens is 4. The van der Waals surface area contributed by atoms with Crippen molar-refractivity contribution in [2.45, 2.75) is 45.1 Å². The van der Waals surface area contributed by atoms with Gasteiger partial charge in [0.25, 0.3) is 0 Å². The highest BCUT2D eigenvalue weighted by Gasteiger charge is 2.15. The molecule has 2 aliphatic rings. The molecule has 0 amide bonds. The van der Waals surface area contributed by atoms with Crippen LogP contribution in [0.3, 0.4) is 0 Å². The molecule has 136 valence electrons. The number of hydrogen-bond acceptors (Lipinski definition) is 5. The van der Waals surface area contributed by atoms with Crippen molar-refractivity contribution >= 4 is 11.6 Å². The smallest absolute Gasteiger partial charge is 0.222 e. The van der Waals surface area contributed by atoms with E-state index in [-0.39, 0.29) is 0 Å². The number of anilines is 1. The summed E-state index contributed by atoms with van der Waals surface area (Å²) in [4.78, 5) is 11.2. The van der Waals surface area contributed by atoms with Gasteiger partial charge in [-0.2, -0.15) is 5.10 Å². The van der Waals surface area contributed by atoms with Gasteiger partial charge in [-0.15, -0.1) is 0 Å². The van der Waals surface area contributed by atoms with Crippen molar-refractivity contribution in [2.75, 3.05) is 18.4 Å². The Morgan fingerprint density at radius 3 is 2.77 bits per heavy atom. The Morgan fingerprint density at radius 1 is 1.19 bits per heavy atom. The zero-order valence-electron chi connectivity index (χ0n) is 15.3. The summed E-state index contributed by atoms with van der Waals surface area (Å²) in [5.41, 5.74) is 2.90. The Labute approximate surface area is 154 Å². The fourth-order valence-electron chi connectivity index (χ4n) is 3.58. The van der Waals surface area contributed by atoms with Crippen molar-refractivity contribution in [1.29, 1.82) is 0 Å². The molecule has 0 aromatic carbocycles. The zero-order valence-corrected chi connectivity index (χ0v) is 15.3. The summed E-state index contributed by atoms with van der Waals surface area (Å²) in [6.07, 6.45) is 18.3. The quantitative estimate of drug-likeness (QED) is 0.859. The van der Waals surface area contributed by atoms with Gasteiger partial charge in [0.15, 0.2) is 0 Å². The molecule has 2 aromatic rings. The predicted octanol–water partition coefficient (Wildman–Crippen LogP) is 3.77. The van der Waals surface area contributed by atoms with Crippen molar-refractivity contribution in [3.8, 4) is 11.3 Å². The van der Waals surface area contributed by atoms with E-state index in [9.17, 15) is 0 Å². The highest BCUT2D eigenvalue weighted by molar-refractivity contribution is 5.61. The van der Waals surface area contributed by atoms with Gasteiger partial charge in [-0.1, -0.05) is 25.8 Å². The first-order valence-corrected chi connectivity index (χ1v) is 9.59. The van der Waals surface area contributed by atoms with Crippen LogP contribution in [-0.2, 0) is 0 Å². The molecule has 2 aromatic heterocycles. The van der Waals surface area contributed by atoms with Crippen LogP contribution in [0.4, 0.5) is 5.95 Å². The SMILES string of the molecule is CCCN1C=C(n2ccc(-c3cnc(NC4CCCC4)nc3)n2)C=CC1. The average molecular weight is 350 g/mol. The summed E-state index contributed by atoms with van der Waals surface area (Å²) in [5, 5.41) is 8.12. The van der Waals surface area contributed by atoms with E-state index in [4.69, 9.17) is 5.10 Å². The molecule has 26 heavy (non-hydrogen) atoms. The molecule has 0 spiro atoms. The normalized spacial score (nSPS) is 17.6. The van der Waals surface area contributed by atoms with Gasteiger partial charge in [0.05, 0.1) is 11.4 Å². The maximum atomic E-state index is 4.70. The fourth-order valence-corrected chi connectivity index (χ4v) is 3.58. The van der Waals surface area contributed by atoms with Crippen LogP contribution in [0, 0.1) is 0 Å². The minimum absolute atomic E-state index is 0.524. The number of allylic oxidation sites excluding steroid dienone is 2. The third-order valence-corrected chi connectivity index (χ3v) is 4.94. The fraction of sp³-hybridized carbons (Fsp3) is 0.450. The van der Waals surface area contributed by atoms with Crippen LogP contribution >= 0.6 is 0 Å². The van der Waals surface area contributed by atoms with Gasteiger partial charge in [-0.05, 0) is 31.4 Å². The molecule has 0 radical (unpaired) electrons. The number of nitrogens with zero attached hydrogens (tertiary/aromatic N) is 5. The first kappa shape index (κ1) is 16.8. The second kappa shape index (κ2) is 7.72. The largest absolute Gasteiger partial charge is 0.372 e. The van der Waals surface area contributed by atoms with Crippen LogP contribution in [0.5, 0.6) is 0 Å². The second-order valence-electron chi connectivity index (χ2n) is 7.02. The van der Waals surface area contributed by atoms with Gasteiger partial charge in [0.2, 0.25) is 5.95 Å². The minimum atomic E-state index is 0.524. The molecule has 3 heterocycles. The summed E-state index contributed by atoms with van der Waals surface area (Å²) >= 11 is 0. The lowest BCUT2D eigenvalue weighted by Gasteiger charge is -2.22. The maximum absolute atomic E-state index is 4.70. The predicted molar refractivity (Wildman–Crippen MR) is 104 cm³/mol. The minimum Gasteiger partial charge on any atom is -0.372 e. The topological polar surface area (TPSA) is 58.9 Å². The van der Waals surface area contributed by atoms with E-state index in [1.807, 2.05) is 29.3 Å². The molecular formula is C20H26N6. The molecule has 6 nitrogen and oxygen atoms in total. The molecule has 6 heteroatoms. The average Bonchev–Trinajstić information content (AvgIpc) is 3.35. The first-order chi connectivity index (χ1) is 12.8. The third kappa shape index (κ3) is 3.79. The van der Waals surface area contributed by atoms with Crippen LogP contribution < -0.4 is 5.32 Å². The molecule has 1 aliphatic heterocycles. The molecule has 0 unspecified atom stereocenters. The van der Waals surface area contributed by atoms with Gasteiger partial charge in [0, 0.05) is 49.5 Å². The summed E-state index contributed by atoms with van der Waals surface area (Å²) in [6.45, 7) is 4.23. The standard InChI is InChI=1S/C20H26N6/c1-2-10-25-11-5-8-18(15-25)26-12-9-19(24-26)16-13-21-20(22-14-16)23-17-6-3-4-7-17/h5,8-9,12-15,17H,2-4,6-7,10-11H2,1H3,(H,21,22,23). The molecule has 4 rings (SSSR count). The molecule has 1 fully saturated rings. The third-order valence-electron chi connectivity index (χ3n) is 4.94. The van der Waals surface area contributed by atoms with Gasteiger partial charge in [0.1, 0.15) is 0 Å². The summed E-state index contributed by atoms with van der Waals surface area (Å²) < 4.78 is 1.92. The maximum Gasteiger partial charge on any atom is 0.222 e. The van der Waals surface area contributed by atoms with Gasteiger partial charge < -0.3 is 10.2 Å². The number of rotatable bonds is 6. The van der Waals surface area contributed by atoms with Gasteiger partial charge in [-0.3, -0.25) is 0 Å². The molecule has 0 bridgehead atoms. The Balaban J connectivity index is 1.46. The molecule has 1 saturated carbocycles. The Kier molecular flexibility index (Phi) is 5.00. The molecule has 1 aliphatic carbocycles. The van der Waals surface area contributed by atoms with E-state index in [2.05, 4.69) is 45.5 Å². The summed E-state index contributed by atoms with van der Waals surface area (Å²) in [5.74, 6) is 0.716. The van der Waals surface area contributed by atoms with E-state index in [1.165, 1.54) is 25.7 Å². The van der Waals surface area contributed by atoms with E-state index in [1.54, 1.807) is 0 Å². The number of hydrogen-bond donors (Lipinski definition) is 1. The van der Waals surface area contributed by atoms with Gasteiger partial charge in [-0.25, -0.2) is 14.6 Å². The van der Waals surface area contributed by atoms with Crippen LogP contribution in [0.1, 0.15) is 39.0 Å². The van der Waals surface area contributed by atoms with E-state index in [0.717, 1.165) is 36.5 Å². The highest BCUT2D eigenvalue weighted by atomic mass is 15.3. The number of nitrogens with one attached hydrogen (secondary N) is 1. The van der Waals surface area contributed by atoms with Crippen molar-refractivity contribution in [3.05, 3.63) is 43.0 Å². The lowest BCUT2D eigenvalue weighted by molar-refractivity contribution is 0.410. The Bertz CT molecular complexity index is 783. The molecular weight excluding hydrogens is 324 g/mol. The molecule has 0 saturated heterocycles. The summed E-state index contributed by atoms with van der Waals surface area (Å²) in [6, 6.07) is 2.53. The monoisotopic (exact) mass is 350 g/mol. The molecule has 0 atom stereocenters. The van der Waals surface area contributed by atoms with Crippen LogP contribution in [0.25, 0.3) is 17.0 Å². The van der Waals surface area contributed by atoms with Crippen LogP contribution in [0.15, 0.2) is 43.0 Å². The molecule has 1 N–H and O–H groups in total. The van der Waals surface area contributed by atoms with Crippen LogP contribution in [0.2, 0.25) is 0 Å². The van der Waals surface area contributed by atoms with E-state index >= 15 is 0 Å². The lowest BCUT2D eigenvalue weighted by Crippen LogP contribution is -2.21. The van der Waals surface area contributed by atoms with Crippen LogP contribution in [-0.4, -0.2) is 43.8 Å². The van der Waals surface area contributed by atoms with E-state index < -0.39 is 0 Å². The Morgan fingerprint density at radius 2 is 2.00 bits per heavy atom. The van der Waals surface area contributed by atoms with E-state index in [0.29, 0.717) is 12.0 Å². The highest BCUT2D eigenvalue weighted by Crippen LogP contribution is 2.22. The summed E-state index contributed by atoms with van der Waals surface area (Å²) in [7, 11) is 0. The van der Waals surface area contributed by atoms with Crippen molar-refractivity contribution in [3.63, 3.8) is 0 Å². The van der Waals surface area contributed by atoms with Crippen molar-refractivity contribution < 1.29 is 0 Å². The lowest BCUT2D eigenvalue weighted by atomic mass is 10.2. The van der Waals surface area contributed by atoms with Crippen molar-refractivity contribution in [2.24, 2.45) is 0 Å².